The molecule has 0 bridgehead atoms. The highest BCUT2D eigenvalue weighted by Gasteiger charge is 2.28. The minimum absolute atomic E-state index is 0.0795. The van der Waals surface area contributed by atoms with Crippen molar-refractivity contribution in [2.24, 2.45) is 0 Å². The average Bonchev–Trinajstić information content (AvgIpc) is 1.67. The van der Waals surface area contributed by atoms with Crippen molar-refractivity contribution in [3.63, 3.8) is 0 Å². The smallest absolute Gasteiger partial charge is 0.325 e. The van der Waals surface area contributed by atoms with Gasteiger partial charge in [0.25, 0.3) is 0 Å². The number of aliphatic carboxylic acids is 1. The Hall–Kier alpha value is 0.0500. The zero-order chi connectivity index (χ0) is 6.78. The first-order chi connectivity index (χ1) is 3.50. The second kappa shape index (κ2) is 2.55. The van der Waals surface area contributed by atoms with Crippen LogP contribution in [0.15, 0.2) is 0 Å². The van der Waals surface area contributed by atoms with Crippen LogP contribution in [0, 0.1) is 0 Å². The molecule has 0 aromatic carbocycles. The molecule has 0 fully saturated rings. The summed E-state index contributed by atoms with van der Waals surface area (Å²) in [5.41, 5.74) is 0. The van der Waals surface area contributed by atoms with E-state index < -0.39 is 10.8 Å². The van der Waals surface area contributed by atoms with Crippen LogP contribution in [-0.2, 0) is 4.79 Å². The van der Waals surface area contributed by atoms with E-state index >= 15 is 0 Å². The van der Waals surface area contributed by atoms with Gasteiger partial charge in [0.15, 0.2) is 4.87 Å². The molecule has 0 aromatic rings. The van der Waals surface area contributed by atoms with Crippen LogP contribution in [0.4, 0.5) is 0 Å². The van der Waals surface area contributed by atoms with E-state index in [0.717, 1.165) is 0 Å². The molecule has 0 aliphatic heterocycles. The zero-order valence-electron chi connectivity index (χ0n) is 4.32. The van der Waals surface area contributed by atoms with Crippen LogP contribution in [-0.4, -0.2) is 21.8 Å². The van der Waals surface area contributed by atoms with Gasteiger partial charge in [-0.2, -0.15) is 0 Å². The third-order valence-corrected chi connectivity index (χ3v) is 1.66. The number of hydrogen-bond acceptors (Lipinski definition) is 1. The van der Waals surface area contributed by atoms with Crippen LogP contribution in [0.25, 0.3) is 0 Å². The fraction of sp³-hybridized carbons (Fsp3) is 0.750. The lowest BCUT2D eigenvalue weighted by atomic mass is 10.2. The molecule has 8 heavy (non-hydrogen) atoms. The minimum atomic E-state index is -1.30. The van der Waals surface area contributed by atoms with Crippen molar-refractivity contribution in [3.05, 3.63) is 0 Å². The fourth-order valence-corrected chi connectivity index (χ4v) is 0.171. The van der Waals surface area contributed by atoms with Crippen LogP contribution in [0.2, 0.25) is 0 Å². The van der Waals surface area contributed by atoms with Gasteiger partial charge in [-0.25, -0.2) is 0 Å². The maximum Gasteiger partial charge on any atom is 0.325 e. The van der Waals surface area contributed by atoms with E-state index in [0.29, 0.717) is 0 Å². The summed E-state index contributed by atoms with van der Waals surface area (Å²) in [4.78, 5) is 8.73. The summed E-state index contributed by atoms with van der Waals surface area (Å²) in [5.74, 6) is -1.17. The molecule has 4 heteroatoms. The molecule has 0 aliphatic rings. The molecule has 0 aromatic heterocycles. The summed E-state index contributed by atoms with van der Waals surface area (Å²) in [5, 5.41) is 8.22. The maximum absolute atomic E-state index is 10.0. The molecule has 0 rings (SSSR count). The molecule has 0 saturated heterocycles. The summed E-state index contributed by atoms with van der Waals surface area (Å²) in [6.45, 7) is 1.35. The number of carboxylic acids is 1. The van der Waals surface area contributed by atoms with Crippen molar-refractivity contribution in [1.82, 2.24) is 0 Å². The molecule has 1 N–H and O–H groups in total. The standard InChI is InChI=1S/C4H6Cl2O2/c1-4(6,2-5)3(7)8/h2H2,1H3,(H,7,8)/t4-/m1/s1. The van der Waals surface area contributed by atoms with Gasteiger partial charge in [0.2, 0.25) is 0 Å². The van der Waals surface area contributed by atoms with Crippen molar-refractivity contribution < 1.29 is 9.90 Å². The van der Waals surface area contributed by atoms with Crippen LogP contribution in [0.3, 0.4) is 0 Å². The Morgan fingerprint density at radius 1 is 1.88 bits per heavy atom. The minimum Gasteiger partial charge on any atom is -0.480 e. The van der Waals surface area contributed by atoms with Crippen LogP contribution in [0.5, 0.6) is 0 Å². The largest absolute Gasteiger partial charge is 0.480 e. The van der Waals surface area contributed by atoms with Gasteiger partial charge in [0.05, 0.1) is 5.88 Å². The molecule has 2 nitrogen and oxygen atoms in total. The lowest BCUT2D eigenvalue weighted by Crippen LogP contribution is -2.29. The summed E-state index contributed by atoms with van der Waals surface area (Å²) in [6.07, 6.45) is 0. The van der Waals surface area contributed by atoms with Gasteiger partial charge in [-0.05, 0) is 6.92 Å². The normalized spacial score (nSPS) is 17.4. The molecule has 0 saturated carbocycles. The molecule has 0 amide bonds. The van der Waals surface area contributed by atoms with E-state index in [1.165, 1.54) is 6.92 Å². The Labute approximate surface area is 57.4 Å². The Bertz CT molecular complexity index is 100. The van der Waals surface area contributed by atoms with Gasteiger partial charge < -0.3 is 5.11 Å². The third-order valence-electron chi connectivity index (χ3n) is 0.697. The van der Waals surface area contributed by atoms with E-state index in [1.54, 1.807) is 0 Å². The fourth-order valence-electron chi connectivity index (χ4n) is 0.0572. The number of carbonyl (C=O) groups is 1. The summed E-state index contributed by atoms with van der Waals surface area (Å²) < 4.78 is 0. The van der Waals surface area contributed by atoms with Crippen molar-refractivity contribution >= 4 is 29.2 Å². The Balaban J connectivity index is 3.91. The van der Waals surface area contributed by atoms with Gasteiger partial charge in [-0.15, -0.1) is 23.2 Å². The Morgan fingerprint density at radius 2 is 2.25 bits per heavy atom. The van der Waals surface area contributed by atoms with Gasteiger partial charge in [-0.3, -0.25) is 4.79 Å². The van der Waals surface area contributed by atoms with Crippen molar-refractivity contribution in [3.8, 4) is 0 Å². The maximum atomic E-state index is 10.0. The first-order valence-electron chi connectivity index (χ1n) is 1.99. The van der Waals surface area contributed by atoms with Gasteiger partial charge >= 0.3 is 5.97 Å². The topological polar surface area (TPSA) is 37.3 Å². The van der Waals surface area contributed by atoms with Crippen molar-refractivity contribution in [1.29, 1.82) is 0 Å². The molecule has 1 atom stereocenters. The third kappa shape index (κ3) is 1.88. The number of hydrogen-bond donors (Lipinski definition) is 1. The Morgan fingerprint density at radius 3 is 2.25 bits per heavy atom. The SMILES string of the molecule is C[C@@](Cl)(CCl)C(=O)O. The average molecular weight is 157 g/mol. The first kappa shape index (κ1) is 8.05. The van der Waals surface area contributed by atoms with E-state index in [1.807, 2.05) is 0 Å². The highest BCUT2D eigenvalue weighted by molar-refractivity contribution is 6.38. The van der Waals surface area contributed by atoms with E-state index in [4.69, 9.17) is 28.3 Å². The van der Waals surface area contributed by atoms with Crippen molar-refractivity contribution in [2.45, 2.75) is 11.8 Å². The second-order valence-corrected chi connectivity index (χ2v) is 2.74. The number of carboxylic acid groups (broad SMARTS) is 1. The molecule has 0 aliphatic carbocycles. The summed E-state index contributed by atoms with van der Waals surface area (Å²) in [7, 11) is 0. The van der Waals surface area contributed by atoms with Crippen LogP contribution in [0.1, 0.15) is 6.92 Å². The highest BCUT2D eigenvalue weighted by Crippen LogP contribution is 2.15. The second-order valence-electron chi connectivity index (χ2n) is 1.64. The molecule has 0 spiro atoms. The molecule has 48 valence electrons. The molecule has 0 radical (unpaired) electrons. The van der Waals surface area contributed by atoms with Gasteiger partial charge in [0, 0.05) is 0 Å². The predicted molar refractivity (Wildman–Crippen MR) is 32.6 cm³/mol. The molecular weight excluding hydrogens is 151 g/mol. The predicted octanol–water partition coefficient (Wildman–Crippen LogP) is 1.31. The van der Waals surface area contributed by atoms with E-state index in [9.17, 15) is 4.79 Å². The van der Waals surface area contributed by atoms with Crippen molar-refractivity contribution in [2.75, 3.05) is 5.88 Å². The monoisotopic (exact) mass is 156 g/mol. The van der Waals surface area contributed by atoms with E-state index in [2.05, 4.69) is 0 Å². The lowest BCUT2D eigenvalue weighted by Gasteiger charge is -2.10. The summed E-state index contributed by atoms with van der Waals surface area (Å²) >= 11 is 10.5. The zero-order valence-corrected chi connectivity index (χ0v) is 5.83. The number of alkyl halides is 2. The van der Waals surface area contributed by atoms with E-state index in [-0.39, 0.29) is 5.88 Å². The van der Waals surface area contributed by atoms with Gasteiger partial charge in [0.1, 0.15) is 0 Å². The van der Waals surface area contributed by atoms with Crippen LogP contribution < -0.4 is 0 Å². The molecule has 0 heterocycles. The Kier molecular flexibility index (Phi) is 2.57. The number of rotatable bonds is 2. The summed E-state index contributed by atoms with van der Waals surface area (Å²) in [6, 6.07) is 0. The quantitative estimate of drug-likeness (QED) is 0.613. The van der Waals surface area contributed by atoms with Gasteiger partial charge in [-0.1, -0.05) is 0 Å². The lowest BCUT2D eigenvalue weighted by molar-refractivity contribution is -0.139. The number of halogens is 2. The molecular formula is C4H6Cl2O2. The highest BCUT2D eigenvalue weighted by atomic mass is 35.5. The molecule has 0 unspecified atom stereocenters. The first-order valence-corrected chi connectivity index (χ1v) is 2.90. The van der Waals surface area contributed by atoms with Crippen LogP contribution >= 0.6 is 23.2 Å².